The molecule has 1 fully saturated rings. The Hall–Kier alpha value is -0.830. The largest absolute Gasteiger partial charge is 0.351 e. The Kier molecular flexibility index (Phi) is 2.87. The van der Waals surface area contributed by atoms with Crippen LogP contribution in [-0.4, -0.2) is 28.4 Å². The maximum atomic E-state index is 5.96. The van der Waals surface area contributed by atoms with Gasteiger partial charge in [0.25, 0.3) is 0 Å². The number of nitrogens with zero attached hydrogens (tertiary/aromatic N) is 3. The van der Waals surface area contributed by atoms with Crippen LogP contribution in [0.4, 0.5) is 5.82 Å². The first-order valence-electron chi connectivity index (χ1n) is 4.91. The average Bonchev–Trinajstić information content (AvgIpc) is 2.61. The molecule has 0 N–H and O–H groups in total. The molecule has 0 aromatic carbocycles. The van der Waals surface area contributed by atoms with Crippen molar-refractivity contribution in [2.24, 2.45) is 5.92 Å². The maximum Gasteiger partial charge on any atom is 0.147 e. The van der Waals surface area contributed by atoms with Gasteiger partial charge in [-0.05, 0) is 12.3 Å². The van der Waals surface area contributed by atoms with Crippen molar-refractivity contribution in [2.75, 3.05) is 17.3 Å². The quantitative estimate of drug-likeness (QED) is 0.700. The van der Waals surface area contributed by atoms with Crippen molar-refractivity contribution in [3.63, 3.8) is 0 Å². The first kappa shape index (κ1) is 9.71. The highest BCUT2D eigenvalue weighted by atomic mass is 35.5. The summed E-state index contributed by atoms with van der Waals surface area (Å²) in [5, 5.41) is 0. The minimum absolute atomic E-state index is 0.411. The molecule has 0 aliphatic carbocycles. The van der Waals surface area contributed by atoms with Crippen LogP contribution < -0.4 is 4.90 Å². The van der Waals surface area contributed by atoms with Crippen molar-refractivity contribution in [1.29, 1.82) is 0 Å². The molecule has 0 spiro atoms. The number of rotatable bonds is 2. The molecule has 0 amide bonds. The van der Waals surface area contributed by atoms with Gasteiger partial charge in [0.1, 0.15) is 5.82 Å². The van der Waals surface area contributed by atoms with E-state index >= 15 is 0 Å². The first-order valence-corrected chi connectivity index (χ1v) is 5.45. The van der Waals surface area contributed by atoms with Gasteiger partial charge in [-0.25, -0.2) is 4.98 Å². The molecule has 2 atom stereocenters. The lowest BCUT2D eigenvalue weighted by molar-refractivity contribution is 0.548. The fourth-order valence-corrected chi connectivity index (χ4v) is 2.44. The van der Waals surface area contributed by atoms with Gasteiger partial charge in [0.2, 0.25) is 0 Å². The van der Waals surface area contributed by atoms with Crippen LogP contribution in [0, 0.1) is 5.92 Å². The average molecular weight is 212 g/mol. The highest BCUT2D eigenvalue weighted by Gasteiger charge is 2.31. The van der Waals surface area contributed by atoms with Crippen LogP contribution in [0.2, 0.25) is 0 Å². The van der Waals surface area contributed by atoms with E-state index in [1.807, 2.05) is 0 Å². The molecule has 0 saturated carbocycles. The molecule has 4 heteroatoms. The van der Waals surface area contributed by atoms with E-state index in [1.165, 1.54) is 6.42 Å². The number of halogens is 1. The summed E-state index contributed by atoms with van der Waals surface area (Å²) in [4.78, 5) is 10.6. The fourth-order valence-electron chi connectivity index (χ4n) is 1.97. The molecule has 2 unspecified atom stereocenters. The summed E-state index contributed by atoms with van der Waals surface area (Å²) in [6.07, 6.45) is 6.41. The van der Waals surface area contributed by atoms with E-state index in [4.69, 9.17) is 11.6 Å². The van der Waals surface area contributed by atoms with Gasteiger partial charge in [-0.1, -0.05) is 6.92 Å². The third-order valence-electron chi connectivity index (χ3n) is 2.88. The van der Waals surface area contributed by atoms with E-state index in [9.17, 15) is 0 Å². The van der Waals surface area contributed by atoms with Crippen LogP contribution in [0.15, 0.2) is 18.6 Å². The van der Waals surface area contributed by atoms with Crippen LogP contribution >= 0.6 is 11.6 Å². The van der Waals surface area contributed by atoms with Crippen molar-refractivity contribution < 1.29 is 0 Å². The highest BCUT2D eigenvalue weighted by Crippen LogP contribution is 2.28. The van der Waals surface area contributed by atoms with Crippen molar-refractivity contribution in [3.8, 4) is 0 Å². The van der Waals surface area contributed by atoms with E-state index in [0.717, 1.165) is 12.4 Å². The predicted molar refractivity (Wildman–Crippen MR) is 57.7 cm³/mol. The molecule has 14 heavy (non-hydrogen) atoms. The fraction of sp³-hybridized carbons (Fsp3) is 0.600. The smallest absolute Gasteiger partial charge is 0.147 e. The van der Waals surface area contributed by atoms with E-state index in [0.29, 0.717) is 17.8 Å². The molecule has 1 aromatic rings. The third-order valence-corrected chi connectivity index (χ3v) is 3.20. The van der Waals surface area contributed by atoms with Crippen molar-refractivity contribution in [2.45, 2.75) is 19.4 Å². The monoisotopic (exact) mass is 211 g/mol. The van der Waals surface area contributed by atoms with Crippen LogP contribution in [0.5, 0.6) is 0 Å². The van der Waals surface area contributed by atoms with Crippen molar-refractivity contribution in [1.82, 2.24) is 9.97 Å². The third kappa shape index (κ3) is 1.69. The van der Waals surface area contributed by atoms with E-state index in [1.54, 1.807) is 18.6 Å². The molecule has 3 nitrogen and oxygen atoms in total. The molecule has 76 valence electrons. The Labute approximate surface area is 89.1 Å². The second-order valence-corrected chi connectivity index (χ2v) is 4.05. The molecular weight excluding hydrogens is 198 g/mol. The number of anilines is 1. The Bertz CT molecular complexity index is 291. The standard InChI is InChI=1S/C10H14ClN3/c1-8-2-5-14(9(8)6-11)10-7-12-3-4-13-10/h3-4,7-9H,2,5-6H2,1H3. The van der Waals surface area contributed by atoms with Gasteiger partial charge in [0.05, 0.1) is 6.20 Å². The summed E-state index contributed by atoms with van der Waals surface area (Å²) in [6.45, 7) is 3.28. The summed E-state index contributed by atoms with van der Waals surface area (Å²) in [7, 11) is 0. The van der Waals surface area contributed by atoms with Gasteiger partial charge in [-0.15, -0.1) is 11.6 Å². The van der Waals surface area contributed by atoms with E-state index < -0.39 is 0 Å². The summed E-state index contributed by atoms with van der Waals surface area (Å²) >= 11 is 5.96. The second kappa shape index (κ2) is 4.13. The van der Waals surface area contributed by atoms with E-state index in [-0.39, 0.29) is 0 Å². The number of hydrogen-bond donors (Lipinski definition) is 0. The lowest BCUT2D eigenvalue weighted by Gasteiger charge is -2.25. The van der Waals surface area contributed by atoms with Gasteiger partial charge in [-0.2, -0.15) is 0 Å². The van der Waals surface area contributed by atoms with Gasteiger partial charge in [0, 0.05) is 30.9 Å². The first-order chi connectivity index (χ1) is 6.83. The second-order valence-electron chi connectivity index (χ2n) is 3.74. The number of aromatic nitrogens is 2. The Morgan fingerprint density at radius 2 is 2.43 bits per heavy atom. The van der Waals surface area contributed by atoms with Gasteiger partial charge >= 0.3 is 0 Å². The lowest BCUT2D eigenvalue weighted by Crippen LogP contribution is -2.34. The predicted octanol–water partition coefficient (Wildman–Crippen LogP) is 1.93. The number of alkyl halides is 1. The Morgan fingerprint density at radius 3 is 3.07 bits per heavy atom. The molecule has 2 rings (SSSR count). The minimum Gasteiger partial charge on any atom is -0.351 e. The zero-order chi connectivity index (χ0) is 9.97. The van der Waals surface area contributed by atoms with Crippen LogP contribution in [-0.2, 0) is 0 Å². The molecule has 0 bridgehead atoms. The van der Waals surface area contributed by atoms with Gasteiger partial charge in [-0.3, -0.25) is 4.98 Å². The van der Waals surface area contributed by atoms with E-state index in [2.05, 4.69) is 21.8 Å². The van der Waals surface area contributed by atoms with Crippen LogP contribution in [0.1, 0.15) is 13.3 Å². The van der Waals surface area contributed by atoms with Crippen molar-refractivity contribution in [3.05, 3.63) is 18.6 Å². The summed E-state index contributed by atoms with van der Waals surface area (Å²) < 4.78 is 0. The molecule has 1 aromatic heterocycles. The molecule has 1 aliphatic rings. The van der Waals surface area contributed by atoms with Crippen molar-refractivity contribution >= 4 is 17.4 Å². The SMILES string of the molecule is CC1CCN(c2cnccn2)C1CCl. The Morgan fingerprint density at radius 1 is 1.57 bits per heavy atom. The molecule has 2 heterocycles. The topological polar surface area (TPSA) is 29.0 Å². The zero-order valence-electron chi connectivity index (χ0n) is 8.23. The lowest BCUT2D eigenvalue weighted by atomic mass is 10.1. The molecule has 0 radical (unpaired) electrons. The maximum absolute atomic E-state index is 5.96. The summed E-state index contributed by atoms with van der Waals surface area (Å²) in [5.41, 5.74) is 0. The summed E-state index contributed by atoms with van der Waals surface area (Å²) in [5.74, 6) is 2.26. The number of hydrogen-bond acceptors (Lipinski definition) is 3. The van der Waals surface area contributed by atoms with Crippen LogP contribution in [0.25, 0.3) is 0 Å². The highest BCUT2D eigenvalue weighted by molar-refractivity contribution is 6.18. The molecule has 1 aliphatic heterocycles. The molecule has 1 saturated heterocycles. The summed E-state index contributed by atoms with van der Waals surface area (Å²) in [6, 6.07) is 0.411. The minimum atomic E-state index is 0.411. The van der Waals surface area contributed by atoms with Crippen LogP contribution in [0.3, 0.4) is 0 Å². The normalized spacial score (nSPS) is 26.9. The zero-order valence-corrected chi connectivity index (χ0v) is 8.98. The van der Waals surface area contributed by atoms with Gasteiger partial charge in [0.15, 0.2) is 0 Å². The molecular formula is C10H14ClN3. The van der Waals surface area contributed by atoms with Gasteiger partial charge < -0.3 is 4.90 Å². The Balaban J connectivity index is 2.19.